The molecule has 0 bridgehead atoms. The van der Waals surface area contributed by atoms with Gasteiger partial charge in [0.1, 0.15) is 0 Å². The predicted octanol–water partition coefficient (Wildman–Crippen LogP) is 6.47. The fraction of sp³-hybridized carbons (Fsp3) is 0.875. The molecule has 0 aromatic rings. The van der Waals surface area contributed by atoms with Crippen LogP contribution in [-0.4, -0.2) is 46.3 Å². The van der Waals surface area contributed by atoms with Gasteiger partial charge in [0.25, 0.3) is 0 Å². The molecule has 0 amide bonds. The molecule has 0 saturated heterocycles. The second-order valence-electron chi connectivity index (χ2n) is 11.7. The zero-order chi connectivity index (χ0) is 23.7. The van der Waals surface area contributed by atoms with Crippen molar-refractivity contribution in [1.29, 1.82) is 0 Å². The lowest BCUT2D eigenvalue weighted by molar-refractivity contribution is -0.129. The summed E-state index contributed by atoms with van der Waals surface area (Å²) >= 11 is 0. The van der Waals surface area contributed by atoms with Crippen LogP contribution in [0.1, 0.15) is 75.7 Å². The average Bonchev–Trinajstić information content (AvgIpc) is 2.55. The van der Waals surface area contributed by atoms with Crippen LogP contribution in [-0.2, 0) is 13.6 Å². The molecule has 0 aliphatic heterocycles. The molecular formula is C24H48O4Si2. The molecule has 1 aliphatic rings. The van der Waals surface area contributed by atoms with Gasteiger partial charge >= 0.3 is 0 Å². The van der Waals surface area contributed by atoms with Gasteiger partial charge in [0.2, 0.25) is 8.32 Å². The summed E-state index contributed by atoms with van der Waals surface area (Å²) in [5.41, 5.74) is 2.32. The van der Waals surface area contributed by atoms with Gasteiger partial charge in [-0.25, -0.2) is 0 Å². The Morgan fingerprint density at radius 3 is 1.97 bits per heavy atom. The van der Waals surface area contributed by atoms with Crippen molar-refractivity contribution < 1.29 is 18.8 Å². The van der Waals surface area contributed by atoms with Crippen molar-refractivity contribution in [3.05, 3.63) is 11.6 Å². The highest BCUT2D eigenvalue weighted by Gasteiger charge is 2.47. The summed E-state index contributed by atoms with van der Waals surface area (Å²) < 4.78 is 13.1. The first-order valence-corrected chi connectivity index (χ1v) is 16.7. The highest BCUT2D eigenvalue weighted by atomic mass is 28.4. The topological polar surface area (TPSA) is 55.8 Å². The maximum Gasteiger partial charge on any atom is 0.200 e. The van der Waals surface area contributed by atoms with Crippen molar-refractivity contribution in [2.45, 2.75) is 123 Å². The fourth-order valence-electron chi connectivity index (χ4n) is 4.85. The molecule has 1 rings (SSSR count). The minimum Gasteiger partial charge on any atom is -0.410 e. The Bertz CT molecular complexity index is 595. The number of ketones is 1. The Labute approximate surface area is 188 Å². The van der Waals surface area contributed by atoms with Gasteiger partial charge in [-0.15, -0.1) is 0 Å². The number of carbonyl (C=O) groups excluding carboxylic acids is 1. The first-order valence-electron chi connectivity index (χ1n) is 11.7. The van der Waals surface area contributed by atoms with Crippen molar-refractivity contribution in [1.82, 2.24) is 0 Å². The lowest BCUT2D eigenvalue weighted by Gasteiger charge is -2.43. The minimum atomic E-state index is -2.11. The molecule has 0 heterocycles. The summed E-state index contributed by atoms with van der Waals surface area (Å²) in [6.45, 7) is 26.6. The van der Waals surface area contributed by atoms with Crippen LogP contribution in [0.25, 0.3) is 0 Å². The molecule has 0 aromatic carbocycles. The minimum absolute atomic E-state index is 0.00825. The molecule has 0 radical (unpaired) electrons. The van der Waals surface area contributed by atoms with Crippen molar-refractivity contribution in [3.8, 4) is 0 Å². The molecule has 0 spiro atoms. The van der Waals surface area contributed by atoms with Crippen LogP contribution in [0.4, 0.5) is 0 Å². The third kappa shape index (κ3) is 5.94. The van der Waals surface area contributed by atoms with Crippen LogP contribution >= 0.6 is 0 Å². The van der Waals surface area contributed by atoms with E-state index in [4.69, 9.17) is 8.85 Å². The van der Waals surface area contributed by atoms with E-state index in [9.17, 15) is 9.90 Å². The van der Waals surface area contributed by atoms with Crippen molar-refractivity contribution in [2.75, 3.05) is 6.61 Å². The zero-order valence-electron chi connectivity index (χ0n) is 21.6. The molecule has 3 atom stereocenters. The smallest absolute Gasteiger partial charge is 0.200 e. The molecule has 0 unspecified atom stereocenters. The van der Waals surface area contributed by atoms with E-state index in [0.29, 0.717) is 23.0 Å². The molecule has 0 aromatic heterocycles. The van der Waals surface area contributed by atoms with Crippen LogP contribution in [0.5, 0.6) is 0 Å². The highest BCUT2D eigenvalue weighted by molar-refractivity contribution is 6.77. The lowest BCUT2D eigenvalue weighted by Crippen LogP contribution is -2.50. The molecule has 6 heteroatoms. The number of aliphatic hydroxyl groups excluding tert-OH is 1. The maximum absolute atomic E-state index is 13.2. The standard InChI is InChI=1S/C24H48O4Si2/c1-16(2)30(17(3)4,18(5)6)27-15-22(26)20-14-23(19(7)13-21(20)25)28-29(11,12)24(8,9)10/h13,16-18,20-21,23,25H,14-15H2,1-12H3/t20-,21+,23+/m0/s1. The average molecular weight is 457 g/mol. The molecular weight excluding hydrogens is 408 g/mol. The Balaban J connectivity index is 2.99. The van der Waals surface area contributed by atoms with Crippen LogP contribution in [0.15, 0.2) is 11.6 Å². The van der Waals surface area contributed by atoms with E-state index in [0.717, 1.165) is 5.57 Å². The van der Waals surface area contributed by atoms with Crippen LogP contribution in [0.2, 0.25) is 34.8 Å². The van der Waals surface area contributed by atoms with Gasteiger partial charge in [-0.2, -0.15) is 0 Å². The largest absolute Gasteiger partial charge is 0.410 e. The Kier molecular flexibility index (Phi) is 9.36. The second-order valence-corrected chi connectivity index (χ2v) is 21.9. The number of aliphatic hydroxyl groups is 1. The SMILES string of the molecule is CC1=C[C@@H](O)[C@@H](C(=O)CO[Si](C(C)C)(C(C)C)C(C)C)C[C@H]1O[Si](C)(C)C(C)(C)C. The van der Waals surface area contributed by atoms with Crippen molar-refractivity contribution in [2.24, 2.45) is 5.92 Å². The summed E-state index contributed by atoms with van der Waals surface area (Å²) in [5, 5.41) is 10.8. The predicted molar refractivity (Wildman–Crippen MR) is 132 cm³/mol. The van der Waals surface area contributed by atoms with Gasteiger partial charge in [-0.1, -0.05) is 68.4 Å². The van der Waals surface area contributed by atoms with E-state index in [1.165, 1.54) is 0 Å². The first-order chi connectivity index (χ1) is 13.5. The quantitative estimate of drug-likeness (QED) is 0.319. The molecule has 1 N–H and O–H groups in total. The first kappa shape index (κ1) is 27.8. The number of hydrogen-bond acceptors (Lipinski definition) is 4. The van der Waals surface area contributed by atoms with Crippen LogP contribution in [0.3, 0.4) is 0 Å². The highest BCUT2D eigenvalue weighted by Crippen LogP contribution is 2.43. The number of hydrogen-bond donors (Lipinski definition) is 1. The zero-order valence-corrected chi connectivity index (χ0v) is 23.6. The number of carbonyl (C=O) groups is 1. The van der Waals surface area contributed by atoms with Crippen molar-refractivity contribution >= 4 is 22.4 Å². The summed E-state index contributed by atoms with van der Waals surface area (Å²) in [6.07, 6.45) is 1.50. The molecule has 4 nitrogen and oxygen atoms in total. The van der Waals surface area contributed by atoms with E-state index in [-0.39, 0.29) is 23.5 Å². The summed E-state index contributed by atoms with van der Waals surface area (Å²) in [6, 6.07) is 0. The van der Waals surface area contributed by atoms with E-state index < -0.39 is 28.7 Å². The van der Waals surface area contributed by atoms with E-state index in [1.807, 2.05) is 13.0 Å². The Morgan fingerprint density at radius 1 is 1.10 bits per heavy atom. The van der Waals surface area contributed by atoms with Gasteiger partial charge in [0.05, 0.1) is 24.7 Å². The third-order valence-corrected chi connectivity index (χ3v) is 18.2. The monoisotopic (exact) mass is 456 g/mol. The maximum atomic E-state index is 13.2. The molecule has 0 fully saturated rings. The fourth-order valence-corrected chi connectivity index (χ4v) is 11.6. The van der Waals surface area contributed by atoms with E-state index >= 15 is 0 Å². The number of Topliss-reactive ketones (excluding diaryl/α,β-unsaturated/α-hetero) is 1. The van der Waals surface area contributed by atoms with Crippen molar-refractivity contribution in [3.63, 3.8) is 0 Å². The summed E-state index contributed by atoms with van der Waals surface area (Å²) in [4.78, 5) is 13.2. The van der Waals surface area contributed by atoms with Gasteiger partial charge in [0.15, 0.2) is 14.1 Å². The van der Waals surface area contributed by atoms with Gasteiger partial charge in [-0.05, 0) is 53.7 Å². The van der Waals surface area contributed by atoms with E-state index in [1.54, 1.807) is 0 Å². The third-order valence-electron chi connectivity index (χ3n) is 7.65. The van der Waals surface area contributed by atoms with Crippen LogP contribution < -0.4 is 0 Å². The molecule has 0 saturated carbocycles. The Hall–Kier alpha value is -0.276. The molecule has 1 aliphatic carbocycles. The van der Waals surface area contributed by atoms with Gasteiger partial charge < -0.3 is 14.0 Å². The summed E-state index contributed by atoms with van der Waals surface area (Å²) in [7, 11) is -4.08. The molecule has 176 valence electrons. The second kappa shape index (κ2) is 10.1. The normalized spacial score (nSPS) is 24.0. The number of rotatable bonds is 9. The lowest BCUT2D eigenvalue weighted by atomic mass is 9.83. The van der Waals surface area contributed by atoms with Gasteiger partial charge in [0, 0.05) is 0 Å². The molecule has 30 heavy (non-hydrogen) atoms. The Morgan fingerprint density at radius 2 is 1.57 bits per heavy atom. The summed E-state index contributed by atoms with van der Waals surface area (Å²) in [5.74, 6) is -0.449. The van der Waals surface area contributed by atoms with Crippen LogP contribution in [0, 0.1) is 5.92 Å². The van der Waals surface area contributed by atoms with E-state index in [2.05, 4.69) is 75.4 Å². The van der Waals surface area contributed by atoms with Gasteiger partial charge in [-0.3, -0.25) is 4.79 Å².